The Morgan fingerprint density at radius 1 is 1.13 bits per heavy atom. The lowest BCUT2D eigenvalue weighted by Crippen LogP contribution is -2.48. The van der Waals surface area contributed by atoms with Crippen molar-refractivity contribution in [2.45, 2.75) is 39.8 Å². The fourth-order valence-corrected chi connectivity index (χ4v) is 3.53. The maximum absolute atomic E-state index is 12.7. The van der Waals surface area contributed by atoms with Crippen LogP contribution in [-0.4, -0.2) is 28.6 Å². The lowest BCUT2D eigenvalue weighted by Gasteiger charge is -2.20. The van der Waals surface area contributed by atoms with Crippen LogP contribution in [-0.2, 0) is 11.3 Å². The zero-order valence-electron chi connectivity index (χ0n) is 17.9. The monoisotopic (exact) mass is 438 g/mol. The average Bonchev–Trinajstić information content (AvgIpc) is 3.10. The van der Waals surface area contributed by atoms with Crippen LogP contribution in [0.25, 0.3) is 10.9 Å². The number of carbonyl (C=O) groups excluding carboxylic acids is 2. The molecule has 2 N–H and O–H groups in total. The van der Waals surface area contributed by atoms with Gasteiger partial charge in [0, 0.05) is 39.8 Å². The molecule has 1 heterocycles. The van der Waals surface area contributed by atoms with Gasteiger partial charge in [0.25, 0.3) is 11.8 Å². The summed E-state index contributed by atoms with van der Waals surface area (Å²) in [6.07, 6.45) is 4.70. The summed E-state index contributed by atoms with van der Waals surface area (Å²) in [6, 6.07) is 13.9. The second kappa shape index (κ2) is 10.3. The van der Waals surface area contributed by atoms with Crippen LogP contribution in [0.1, 0.15) is 43.1 Å². The predicted molar refractivity (Wildman–Crippen MR) is 126 cm³/mol. The highest BCUT2D eigenvalue weighted by Gasteiger charge is 2.24. The molecule has 0 saturated heterocycles. The number of benzene rings is 2. The van der Waals surface area contributed by atoms with Gasteiger partial charge in [-0.15, -0.1) is 0 Å². The lowest BCUT2D eigenvalue weighted by molar-refractivity contribution is -0.123. The van der Waals surface area contributed by atoms with E-state index in [4.69, 9.17) is 11.6 Å². The second-order valence-corrected chi connectivity index (χ2v) is 8.17. The highest BCUT2D eigenvalue weighted by Crippen LogP contribution is 2.20. The van der Waals surface area contributed by atoms with Crippen LogP contribution in [0, 0.1) is 5.92 Å². The molecule has 0 saturated carbocycles. The van der Waals surface area contributed by atoms with E-state index >= 15 is 0 Å². The molecule has 1 unspecified atom stereocenters. The fourth-order valence-electron chi connectivity index (χ4n) is 3.40. The largest absolute Gasteiger partial charge is 0.347 e. The molecule has 162 valence electrons. The van der Waals surface area contributed by atoms with Gasteiger partial charge in [-0.2, -0.15) is 5.10 Å². The summed E-state index contributed by atoms with van der Waals surface area (Å²) in [7, 11) is 0. The zero-order valence-corrected chi connectivity index (χ0v) is 18.7. The molecule has 2 aromatic carbocycles. The molecule has 0 spiro atoms. The Hall–Kier alpha value is -3.12. The van der Waals surface area contributed by atoms with Crippen molar-refractivity contribution in [3.63, 3.8) is 0 Å². The molecule has 0 aliphatic rings. The minimum atomic E-state index is -0.721. The standard InChI is InChI=1S/C24H27ClN4O2/c1-4-13-29-15-18(20-7-5-6-8-21(20)29)14-26-28-24(31)22(16(2)3)27-23(30)17-9-11-19(25)12-10-17/h5-12,14-16,22H,4,13H2,1-3H3,(H,27,30)(H,28,31). The van der Waals surface area contributed by atoms with Gasteiger partial charge in [0.05, 0.1) is 6.21 Å². The quantitative estimate of drug-likeness (QED) is 0.398. The van der Waals surface area contributed by atoms with Crippen molar-refractivity contribution in [2.24, 2.45) is 11.0 Å². The van der Waals surface area contributed by atoms with E-state index in [2.05, 4.69) is 33.4 Å². The summed E-state index contributed by atoms with van der Waals surface area (Å²) in [5.74, 6) is -0.819. The fraction of sp³-hybridized carbons (Fsp3) is 0.292. The third-order valence-corrected chi connectivity index (χ3v) is 5.26. The first-order valence-electron chi connectivity index (χ1n) is 10.4. The summed E-state index contributed by atoms with van der Waals surface area (Å²) < 4.78 is 2.18. The number of halogens is 1. The summed E-state index contributed by atoms with van der Waals surface area (Å²) in [5.41, 5.74) is 5.07. The number of aryl methyl sites for hydroxylation is 1. The first-order chi connectivity index (χ1) is 14.9. The highest BCUT2D eigenvalue weighted by molar-refractivity contribution is 6.30. The molecule has 0 aliphatic carbocycles. The Morgan fingerprint density at radius 2 is 1.84 bits per heavy atom. The van der Waals surface area contributed by atoms with Crippen molar-refractivity contribution in [1.29, 1.82) is 0 Å². The average molecular weight is 439 g/mol. The van der Waals surface area contributed by atoms with Gasteiger partial charge in [-0.05, 0) is 42.7 Å². The highest BCUT2D eigenvalue weighted by atomic mass is 35.5. The van der Waals surface area contributed by atoms with Crippen molar-refractivity contribution in [3.05, 3.63) is 70.9 Å². The number of hydrogen-bond acceptors (Lipinski definition) is 3. The van der Waals surface area contributed by atoms with E-state index < -0.39 is 6.04 Å². The van der Waals surface area contributed by atoms with Crippen molar-refractivity contribution >= 4 is 40.5 Å². The number of para-hydroxylation sites is 1. The van der Waals surface area contributed by atoms with Gasteiger partial charge in [0.2, 0.25) is 0 Å². The Labute approximate surface area is 187 Å². The zero-order chi connectivity index (χ0) is 22.4. The molecule has 1 aromatic heterocycles. The first-order valence-corrected chi connectivity index (χ1v) is 10.8. The molecule has 0 bridgehead atoms. The molecule has 0 fully saturated rings. The normalized spacial score (nSPS) is 12.4. The molecule has 6 nitrogen and oxygen atoms in total. The number of nitrogens with one attached hydrogen (secondary N) is 2. The first kappa shape index (κ1) is 22.6. The van der Waals surface area contributed by atoms with Crippen LogP contribution in [0.3, 0.4) is 0 Å². The van der Waals surface area contributed by atoms with Crippen LogP contribution in [0.15, 0.2) is 59.8 Å². The van der Waals surface area contributed by atoms with E-state index in [1.807, 2.05) is 38.2 Å². The van der Waals surface area contributed by atoms with Crippen molar-refractivity contribution in [3.8, 4) is 0 Å². The van der Waals surface area contributed by atoms with Crippen molar-refractivity contribution < 1.29 is 9.59 Å². The number of hydrazone groups is 1. The minimum absolute atomic E-state index is 0.113. The van der Waals surface area contributed by atoms with Crippen LogP contribution >= 0.6 is 11.6 Å². The Morgan fingerprint density at radius 3 is 2.52 bits per heavy atom. The third kappa shape index (κ3) is 5.52. The van der Waals surface area contributed by atoms with E-state index in [9.17, 15) is 9.59 Å². The van der Waals surface area contributed by atoms with E-state index in [1.54, 1.807) is 30.5 Å². The molecular weight excluding hydrogens is 412 g/mol. The maximum Gasteiger partial charge on any atom is 0.262 e. The van der Waals surface area contributed by atoms with Gasteiger partial charge in [-0.1, -0.05) is 50.6 Å². The number of amides is 2. The molecule has 3 aromatic rings. The summed E-state index contributed by atoms with van der Waals surface area (Å²) in [4.78, 5) is 25.2. The number of rotatable bonds is 8. The molecular formula is C24H27ClN4O2. The van der Waals surface area contributed by atoms with Gasteiger partial charge in [0.15, 0.2) is 0 Å². The second-order valence-electron chi connectivity index (χ2n) is 7.73. The van der Waals surface area contributed by atoms with Crippen LogP contribution in [0.4, 0.5) is 0 Å². The molecule has 1 atom stereocenters. The van der Waals surface area contributed by atoms with Gasteiger partial charge >= 0.3 is 0 Å². The van der Waals surface area contributed by atoms with Crippen molar-refractivity contribution in [1.82, 2.24) is 15.3 Å². The predicted octanol–water partition coefficient (Wildman–Crippen LogP) is 4.61. The van der Waals surface area contributed by atoms with Crippen LogP contribution < -0.4 is 10.7 Å². The number of fused-ring (bicyclic) bond motifs is 1. The summed E-state index contributed by atoms with van der Waals surface area (Å²) in [5, 5.41) is 8.55. The maximum atomic E-state index is 12.7. The summed E-state index contributed by atoms with van der Waals surface area (Å²) in [6.45, 7) is 6.78. The van der Waals surface area contributed by atoms with Crippen LogP contribution in [0.2, 0.25) is 5.02 Å². The molecule has 2 amide bonds. The third-order valence-electron chi connectivity index (χ3n) is 5.00. The Kier molecular flexibility index (Phi) is 7.47. The summed E-state index contributed by atoms with van der Waals surface area (Å²) >= 11 is 5.87. The molecule has 0 radical (unpaired) electrons. The number of nitrogens with zero attached hydrogens (tertiary/aromatic N) is 2. The molecule has 3 rings (SSSR count). The van der Waals surface area contributed by atoms with Gasteiger partial charge in [0.1, 0.15) is 6.04 Å². The van der Waals surface area contributed by atoms with Gasteiger partial charge < -0.3 is 9.88 Å². The van der Waals surface area contributed by atoms with Crippen LogP contribution in [0.5, 0.6) is 0 Å². The SMILES string of the molecule is CCCn1cc(C=NNC(=O)C(NC(=O)c2ccc(Cl)cc2)C(C)C)c2ccccc21. The number of hydrogen-bond donors (Lipinski definition) is 2. The Bertz CT molecular complexity index is 1090. The molecule has 31 heavy (non-hydrogen) atoms. The van der Waals surface area contributed by atoms with E-state index in [-0.39, 0.29) is 17.7 Å². The van der Waals surface area contributed by atoms with Crippen molar-refractivity contribution in [2.75, 3.05) is 0 Å². The van der Waals surface area contributed by atoms with E-state index in [0.717, 1.165) is 29.4 Å². The van der Waals surface area contributed by atoms with E-state index in [1.165, 1.54) is 0 Å². The Balaban J connectivity index is 1.70. The van der Waals surface area contributed by atoms with Gasteiger partial charge in [-0.3, -0.25) is 9.59 Å². The number of aromatic nitrogens is 1. The molecule has 7 heteroatoms. The molecule has 0 aliphatic heterocycles. The van der Waals surface area contributed by atoms with E-state index in [0.29, 0.717) is 10.6 Å². The number of carbonyl (C=O) groups is 2. The van der Waals surface area contributed by atoms with Gasteiger partial charge in [-0.25, -0.2) is 5.43 Å². The lowest BCUT2D eigenvalue weighted by atomic mass is 10.0. The topological polar surface area (TPSA) is 75.5 Å². The minimum Gasteiger partial charge on any atom is -0.347 e. The smallest absolute Gasteiger partial charge is 0.262 e.